The molecule has 2 aliphatic rings. The second kappa shape index (κ2) is 9.89. The first-order valence-corrected chi connectivity index (χ1v) is 13.8. The summed E-state index contributed by atoms with van der Waals surface area (Å²) in [5.74, 6) is 2.51. The third-order valence-electron chi connectivity index (χ3n) is 8.20. The molecule has 5 heterocycles. The molecule has 38 heavy (non-hydrogen) atoms. The van der Waals surface area contributed by atoms with Crippen molar-refractivity contribution in [2.45, 2.75) is 78.2 Å². The van der Waals surface area contributed by atoms with Crippen LogP contribution in [0.15, 0.2) is 30.6 Å². The van der Waals surface area contributed by atoms with E-state index in [4.69, 9.17) is 14.7 Å². The van der Waals surface area contributed by atoms with Crippen molar-refractivity contribution in [2.75, 3.05) is 24.6 Å². The van der Waals surface area contributed by atoms with Crippen LogP contribution >= 0.6 is 0 Å². The van der Waals surface area contributed by atoms with Crippen molar-refractivity contribution in [3.8, 4) is 0 Å². The molecule has 0 spiro atoms. The predicted molar refractivity (Wildman–Crippen MR) is 145 cm³/mol. The maximum absolute atomic E-state index is 14.2. The van der Waals surface area contributed by atoms with Gasteiger partial charge in [-0.1, -0.05) is 26.0 Å². The highest BCUT2D eigenvalue weighted by molar-refractivity contribution is 5.87. The number of rotatable bonds is 6. The van der Waals surface area contributed by atoms with E-state index in [1.807, 2.05) is 23.5 Å². The molecule has 1 aromatic carbocycles. The molecule has 4 atom stereocenters. The Bertz CT molecular complexity index is 1440. The molecule has 0 aliphatic carbocycles. The van der Waals surface area contributed by atoms with Gasteiger partial charge in [0.2, 0.25) is 0 Å². The first kappa shape index (κ1) is 25.2. The van der Waals surface area contributed by atoms with E-state index in [2.05, 4.69) is 52.3 Å². The number of hydrogen-bond acceptors (Lipinski definition) is 7. The highest BCUT2D eigenvalue weighted by Gasteiger charge is 2.37. The number of anilines is 1. The molecule has 2 aliphatic heterocycles. The Morgan fingerprint density at radius 3 is 2.71 bits per heavy atom. The molecule has 10 heteroatoms. The quantitative estimate of drug-likeness (QED) is 0.373. The smallest absolute Gasteiger partial charge is 0.258 e. The van der Waals surface area contributed by atoms with Gasteiger partial charge in [0.25, 0.3) is 5.78 Å². The summed E-state index contributed by atoms with van der Waals surface area (Å²) in [5, 5.41) is 8.49. The molecule has 0 saturated carbocycles. The van der Waals surface area contributed by atoms with Crippen LogP contribution in [-0.4, -0.2) is 71.9 Å². The maximum Gasteiger partial charge on any atom is 0.258 e. The number of halogens is 1. The molecule has 0 N–H and O–H groups in total. The lowest BCUT2D eigenvalue weighted by Crippen LogP contribution is -2.58. The number of aromatic nitrogens is 6. The third-order valence-corrected chi connectivity index (χ3v) is 8.20. The maximum atomic E-state index is 14.2. The molecule has 2 saturated heterocycles. The van der Waals surface area contributed by atoms with Crippen molar-refractivity contribution < 1.29 is 9.13 Å². The summed E-state index contributed by atoms with van der Waals surface area (Å²) in [4.78, 5) is 14.9. The fourth-order valence-electron chi connectivity index (χ4n) is 6.45. The summed E-state index contributed by atoms with van der Waals surface area (Å²) in [7, 11) is 0. The molecule has 6 rings (SSSR count). The molecule has 0 bridgehead atoms. The van der Waals surface area contributed by atoms with Gasteiger partial charge >= 0.3 is 0 Å². The van der Waals surface area contributed by atoms with Gasteiger partial charge in [0, 0.05) is 37.8 Å². The molecule has 0 radical (unpaired) electrons. The number of hydrogen-bond donors (Lipinski definition) is 0. The summed E-state index contributed by atoms with van der Waals surface area (Å²) in [6.07, 6.45) is 4.06. The number of benzene rings is 1. The van der Waals surface area contributed by atoms with Crippen LogP contribution in [0.5, 0.6) is 0 Å². The van der Waals surface area contributed by atoms with E-state index in [0.29, 0.717) is 11.7 Å². The molecule has 1 unspecified atom stereocenters. The Balaban J connectivity index is 1.37. The van der Waals surface area contributed by atoms with Gasteiger partial charge in [-0.25, -0.2) is 13.8 Å². The summed E-state index contributed by atoms with van der Waals surface area (Å²) >= 11 is 0. The minimum absolute atomic E-state index is 0.130. The largest absolute Gasteiger partial charge is 0.376 e. The predicted octanol–water partition coefficient (Wildman–Crippen LogP) is 4.40. The summed E-state index contributed by atoms with van der Waals surface area (Å²) in [6, 6.07) is 7.59. The van der Waals surface area contributed by atoms with Crippen LogP contribution in [-0.2, 0) is 11.3 Å². The van der Waals surface area contributed by atoms with Gasteiger partial charge in [0.05, 0.1) is 12.6 Å². The number of aryl methyl sites for hydroxylation is 1. The summed E-state index contributed by atoms with van der Waals surface area (Å²) in [6.45, 7) is 14.1. The highest BCUT2D eigenvalue weighted by atomic mass is 19.1. The number of piperazine rings is 1. The van der Waals surface area contributed by atoms with Crippen molar-refractivity contribution >= 4 is 22.8 Å². The monoisotopic (exact) mass is 520 g/mol. The SMILES string of the molecule is Cc1nc2c(N3C[C@@H](C)N(C(c4cccc(F)c4)C(C)C)C[C@@H]3C)nc3nncn3c2n1C[C@@H]1CCCO1. The van der Waals surface area contributed by atoms with Crippen LogP contribution in [0.25, 0.3) is 16.9 Å². The Kier molecular flexibility index (Phi) is 6.55. The number of ether oxygens (including phenoxy) is 1. The van der Waals surface area contributed by atoms with E-state index in [9.17, 15) is 4.39 Å². The second-order valence-electron chi connectivity index (χ2n) is 11.3. The minimum Gasteiger partial charge on any atom is -0.376 e. The van der Waals surface area contributed by atoms with Crippen molar-refractivity contribution in [1.29, 1.82) is 0 Å². The van der Waals surface area contributed by atoms with E-state index in [0.717, 1.165) is 67.5 Å². The van der Waals surface area contributed by atoms with Crippen LogP contribution < -0.4 is 4.90 Å². The van der Waals surface area contributed by atoms with E-state index in [1.165, 1.54) is 6.07 Å². The molecule has 0 amide bonds. The Hall–Kier alpha value is -3.11. The van der Waals surface area contributed by atoms with Gasteiger partial charge in [-0.05, 0) is 57.2 Å². The van der Waals surface area contributed by atoms with Gasteiger partial charge in [0.1, 0.15) is 23.5 Å². The molecule has 202 valence electrons. The van der Waals surface area contributed by atoms with Crippen LogP contribution in [0.2, 0.25) is 0 Å². The average Bonchev–Trinajstić information content (AvgIpc) is 3.62. The fraction of sp³-hybridized carbons (Fsp3) is 0.571. The second-order valence-corrected chi connectivity index (χ2v) is 11.3. The van der Waals surface area contributed by atoms with E-state index in [1.54, 1.807) is 12.4 Å². The van der Waals surface area contributed by atoms with Crippen LogP contribution in [0.3, 0.4) is 0 Å². The first-order valence-electron chi connectivity index (χ1n) is 13.8. The highest BCUT2D eigenvalue weighted by Crippen LogP contribution is 2.36. The van der Waals surface area contributed by atoms with Crippen LogP contribution in [0.1, 0.15) is 58.0 Å². The van der Waals surface area contributed by atoms with Gasteiger partial charge in [-0.3, -0.25) is 4.90 Å². The topological polar surface area (TPSA) is 76.6 Å². The fourth-order valence-corrected chi connectivity index (χ4v) is 6.45. The van der Waals surface area contributed by atoms with Gasteiger partial charge < -0.3 is 14.2 Å². The number of fused-ring (bicyclic) bond motifs is 3. The van der Waals surface area contributed by atoms with Crippen LogP contribution in [0.4, 0.5) is 10.2 Å². The first-order chi connectivity index (χ1) is 18.3. The Morgan fingerprint density at radius 1 is 1.13 bits per heavy atom. The Morgan fingerprint density at radius 2 is 1.97 bits per heavy atom. The molecule has 9 nitrogen and oxygen atoms in total. The molecule has 2 fully saturated rings. The lowest BCUT2D eigenvalue weighted by Gasteiger charge is -2.49. The zero-order valence-corrected chi connectivity index (χ0v) is 22.9. The van der Waals surface area contributed by atoms with Gasteiger partial charge in [-0.2, -0.15) is 4.98 Å². The summed E-state index contributed by atoms with van der Waals surface area (Å²) in [5.41, 5.74) is 2.86. The zero-order chi connectivity index (χ0) is 26.6. The average molecular weight is 521 g/mol. The van der Waals surface area contributed by atoms with Crippen LogP contribution in [0, 0.1) is 18.7 Å². The zero-order valence-electron chi connectivity index (χ0n) is 22.9. The molecular formula is C28H37FN8O. The molecule has 3 aromatic heterocycles. The molecule has 4 aromatic rings. The minimum atomic E-state index is -0.186. The number of imidazole rings is 1. The van der Waals surface area contributed by atoms with E-state index >= 15 is 0 Å². The lowest BCUT2D eigenvalue weighted by molar-refractivity contribution is 0.0820. The van der Waals surface area contributed by atoms with Crippen molar-refractivity contribution in [1.82, 2.24) is 34.0 Å². The lowest BCUT2D eigenvalue weighted by atomic mass is 9.91. The van der Waals surface area contributed by atoms with Gasteiger partial charge in [-0.15, -0.1) is 10.2 Å². The van der Waals surface area contributed by atoms with Gasteiger partial charge in [0.15, 0.2) is 11.5 Å². The van der Waals surface area contributed by atoms with Crippen molar-refractivity contribution in [3.05, 3.63) is 47.8 Å². The van der Waals surface area contributed by atoms with E-state index < -0.39 is 0 Å². The third kappa shape index (κ3) is 4.33. The standard InChI is InChI=1S/C28H37FN8O/c1-17(2)25(21-8-6-9-22(29)12-21)34-13-19(4)35(14-18(34)3)26-24-27(37-16-30-33-28(37)32-26)36(20(5)31-24)15-23-10-7-11-38-23/h6,8-9,12,16-19,23,25H,7,10-11,13-15H2,1-5H3/t18-,19+,23+,25?/m1/s1. The summed E-state index contributed by atoms with van der Waals surface area (Å²) < 4.78 is 24.3. The Labute approximate surface area is 222 Å². The van der Waals surface area contributed by atoms with E-state index in [-0.39, 0.29) is 30.0 Å². The molecular weight excluding hydrogens is 483 g/mol. The number of nitrogens with zero attached hydrogens (tertiary/aromatic N) is 8. The van der Waals surface area contributed by atoms with Crippen molar-refractivity contribution in [3.63, 3.8) is 0 Å². The normalized spacial score (nSPS) is 23.8. The van der Waals surface area contributed by atoms with Crippen molar-refractivity contribution in [2.24, 2.45) is 5.92 Å².